The molecule has 0 bridgehead atoms. The van der Waals surface area contributed by atoms with Gasteiger partial charge >= 0.3 is 0 Å². The number of alkyl halides is 1. The van der Waals surface area contributed by atoms with Gasteiger partial charge in [-0.1, -0.05) is 24.3 Å². The summed E-state index contributed by atoms with van der Waals surface area (Å²) in [6.07, 6.45) is 6.36. The summed E-state index contributed by atoms with van der Waals surface area (Å²) in [6.45, 7) is 1.71. The predicted molar refractivity (Wildman–Crippen MR) is 98.1 cm³/mol. The number of ketones is 1. The molecule has 1 aromatic carbocycles. The van der Waals surface area contributed by atoms with Crippen LogP contribution in [0.25, 0.3) is 0 Å². The fourth-order valence-electron chi connectivity index (χ4n) is 4.28. The number of benzene rings is 1. The molecule has 4 heteroatoms. The van der Waals surface area contributed by atoms with E-state index in [1.807, 2.05) is 17.0 Å². The zero-order valence-electron chi connectivity index (χ0n) is 14.6. The smallest absolute Gasteiger partial charge is 0.223 e. The van der Waals surface area contributed by atoms with Crippen LogP contribution in [0, 0.1) is 23.7 Å². The van der Waals surface area contributed by atoms with E-state index >= 15 is 0 Å². The molecule has 3 saturated carbocycles. The largest absolute Gasteiger partial charge is 0.338 e. The minimum Gasteiger partial charge on any atom is -0.338 e. The maximum atomic E-state index is 11.9. The molecule has 1 amide bonds. The fraction of sp³-hybridized carbons (Fsp3) is 0.619. The van der Waals surface area contributed by atoms with Crippen LogP contribution in [-0.2, 0) is 22.0 Å². The highest BCUT2D eigenvalue weighted by atomic mass is 35.5. The Morgan fingerprint density at radius 1 is 0.920 bits per heavy atom. The molecule has 4 aliphatic rings. The second-order valence-electron chi connectivity index (χ2n) is 8.22. The molecule has 1 heterocycles. The van der Waals surface area contributed by atoms with Crippen LogP contribution in [0.5, 0.6) is 0 Å². The Bertz CT molecular complexity index is 656. The first-order chi connectivity index (χ1) is 12.1. The van der Waals surface area contributed by atoms with Crippen molar-refractivity contribution in [3.8, 4) is 0 Å². The molecule has 4 unspecified atom stereocenters. The van der Waals surface area contributed by atoms with Gasteiger partial charge in [-0.3, -0.25) is 9.59 Å². The number of hydrogen-bond acceptors (Lipinski definition) is 2. The summed E-state index contributed by atoms with van der Waals surface area (Å²) < 4.78 is 0. The maximum absolute atomic E-state index is 11.9. The van der Waals surface area contributed by atoms with E-state index in [0.717, 1.165) is 55.7 Å². The molecular formula is C21H26ClNO2. The summed E-state index contributed by atoms with van der Waals surface area (Å²) in [4.78, 5) is 24.6. The molecule has 1 saturated heterocycles. The standard InChI is InChI=1S/C14H16ClNO.C7H10O/c15-7-10-1-3-11(4-2-10)8-16-9-13-5-12(13)6-14(16)17;8-7-2-1-5-3-6(5)4-7/h1-4,12-13H,5-9H2;5-6H,1-4H2. The topological polar surface area (TPSA) is 37.4 Å². The molecule has 0 aromatic heterocycles. The fourth-order valence-corrected chi connectivity index (χ4v) is 4.46. The first-order valence-corrected chi connectivity index (χ1v) is 10.1. The van der Waals surface area contributed by atoms with Crippen LogP contribution in [0.2, 0.25) is 0 Å². The van der Waals surface area contributed by atoms with Gasteiger partial charge in [0.1, 0.15) is 5.78 Å². The van der Waals surface area contributed by atoms with Gasteiger partial charge in [-0.2, -0.15) is 0 Å². The van der Waals surface area contributed by atoms with E-state index in [9.17, 15) is 9.59 Å². The van der Waals surface area contributed by atoms with E-state index in [2.05, 4.69) is 12.1 Å². The van der Waals surface area contributed by atoms with Gasteiger partial charge in [0.25, 0.3) is 0 Å². The van der Waals surface area contributed by atoms with E-state index in [-0.39, 0.29) is 0 Å². The van der Waals surface area contributed by atoms with Gasteiger partial charge in [0.05, 0.1) is 0 Å². The second-order valence-corrected chi connectivity index (χ2v) is 8.49. The van der Waals surface area contributed by atoms with Gasteiger partial charge in [-0.25, -0.2) is 0 Å². The van der Waals surface area contributed by atoms with E-state index in [4.69, 9.17) is 11.6 Å². The summed E-state index contributed by atoms with van der Waals surface area (Å²) in [5.74, 6) is 4.66. The number of Topliss-reactive ketones (excluding diaryl/α,β-unsaturated/α-hetero) is 1. The van der Waals surface area contributed by atoms with Gasteiger partial charge in [-0.15, -0.1) is 11.6 Å². The summed E-state index contributed by atoms with van der Waals surface area (Å²) in [6, 6.07) is 8.22. The van der Waals surface area contributed by atoms with Gasteiger partial charge < -0.3 is 4.90 Å². The van der Waals surface area contributed by atoms with Crippen molar-refractivity contribution in [2.24, 2.45) is 23.7 Å². The molecule has 3 nitrogen and oxygen atoms in total. The Balaban J connectivity index is 0.000000163. The lowest BCUT2D eigenvalue weighted by molar-refractivity contribution is -0.134. The van der Waals surface area contributed by atoms with Gasteiger partial charge in [-0.05, 0) is 54.1 Å². The van der Waals surface area contributed by atoms with E-state index < -0.39 is 0 Å². The molecule has 1 aliphatic heterocycles. The van der Waals surface area contributed by atoms with Crippen molar-refractivity contribution in [2.45, 2.75) is 50.9 Å². The van der Waals surface area contributed by atoms with Crippen LogP contribution >= 0.6 is 11.6 Å². The molecule has 5 rings (SSSR count). The minimum absolute atomic E-state index is 0.324. The molecule has 25 heavy (non-hydrogen) atoms. The number of rotatable bonds is 3. The molecule has 4 atom stereocenters. The van der Waals surface area contributed by atoms with Crippen LogP contribution in [0.4, 0.5) is 0 Å². The van der Waals surface area contributed by atoms with Crippen LogP contribution < -0.4 is 0 Å². The molecule has 134 valence electrons. The van der Waals surface area contributed by atoms with E-state index in [1.165, 1.54) is 24.8 Å². The van der Waals surface area contributed by atoms with Crippen LogP contribution in [-0.4, -0.2) is 23.1 Å². The van der Waals surface area contributed by atoms with Crippen molar-refractivity contribution in [3.63, 3.8) is 0 Å². The lowest BCUT2D eigenvalue weighted by atomic mass is 10.00. The summed E-state index contributed by atoms with van der Waals surface area (Å²) in [7, 11) is 0. The predicted octanol–water partition coefficient (Wildman–Crippen LogP) is 4.17. The zero-order chi connectivity index (χ0) is 17.4. The van der Waals surface area contributed by atoms with Gasteiger partial charge in [0.2, 0.25) is 5.91 Å². The second kappa shape index (κ2) is 7.11. The lowest BCUT2D eigenvalue weighted by Gasteiger charge is -2.26. The number of amides is 1. The van der Waals surface area contributed by atoms with Crippen molar-refractivity contribution in [1.29, 1.82) is 0 Å². The molecular weight excluding hydrogens is 334 g/mol. The number of carbonyl (C=O) groups is 2. The van der Waals surface area contributed by atoms with Gasteiger partial charge in [0.15, 0.2) is 0 Å². The Morgan fingerprint density at radius 2 is 1.60 bits per heavy atom. The molecule has 1 aromatic rings. The Hall–Kier alpha value is -1.35. The van der Waals surface area contributed by atoms with Crippen molar-refractivity contribution in [1.82, 2.24) is 4.90 Å². The highest BCUT2D eigenvalue weighted by molar-refractivity contribution is 6.17. The summed E-state index contributed by atoms with van der Waals surface area (Å²) >= 11 is 5.75. The number of halogens is 1. The first-order valence-electron chi connectivity index (χ1n) is 9.55. The highest BCUT2D eigenvalue weighted by Gasteiger charge is 2.44. The molecule has 0 spiro atoms. The van der Waals surface area contributed by atoms with Crippen LogP contribution in [0.15, 0.2) is 24.3 Å². The summed E-state index contributed by atoms with van der Waals surface area (Å²) in [5, 5.41) is 0. The summed E-state index contributed by atoms with van der Waals surface area (Å²) in [5.41, 5.74) is 2.33. The Labute approximate surface area is 154 Å². The lowest BCUT2D eigenvalue weighted by Crippen LogP contribution is -2.36. The highest BCUT2D eigenvalue weighted by Crippen LogP contribution is 2.48. The monoisotopic (exact) mass is 359 g/mol. The van der Waals surface area contributed by atoms with Crippen molar-refractivity contribution >= 4 is 23.3 Å². The third kappa shape index (κ3) is 4.25. The normalized spacial score (nSPS) is 32.3. The third-order valence-corrected chi connectivity index (χ3v) is 6.53. The minimum atomic E-state index is 0.324. The SMILES string of the molecule is O=C1CC2CC2CN1Cc1ccc(CCl)cc1.O=C1CCC2CC2C1. The average molecular weight is 360 g/mol. The van der Waals surface area contributed by atoms with E-state index in [0.29, 0.717) is 23.5 Å². The Morgan fingerprint density at radius 3 is 2.28 bits per heavy atom. The molecule has 3 aliphatic carbocycles. The van der Waals surface area contributed by atoms with Crippen molar-refractivity contribution in [3.05, 3.63) is 35.4 Å². The number of hydrogen-bond donors (Lipinski definition) is 0. The quantitative estimate of drug-likeness (QED) is 0.759. The van der Waals surface area contributed by atoms with Crippen molar-refractivity contribution < 1.29 is 9.59 Å². The molecule has 4 fully saturated rings. The molecule has 0 N–H and O–H groups in total. The number of carbonyl (C=O) groups excluding carboxylic acids is 2. The average Bonchev–Trinajstić information content (AvgIpc) is 3.51. The molecule has 0 radical (unpaired) electrons. The Kier molecular flexibility index (Phi) is 4.86. The number of likely N-dealkylation sites (tertiary alicyclic amines) is 1. The van der Waals surface area contributed by atoms with Crippen LogP contribution in [0.1, 0.15) is 49.7 Å². The number of nitrogens with zero attached hydrogens (tertiary/aromatic N) is 1. The maximum Gasteiger partial charge on any atom is 0.223 e. The zero-order valence-corrected chi connectivity index (χ0v) is 15.4. The van der Waals surface area contributed by atoms with Crippen LogP contribution in [0.3, 0.4) is 0 Å². The third-order valence-electron chi connectivity index (χ3n) is 6.22. The van der Waals surface area contributed by atoms with Crippen molar-refractivity contribution in [2.75, 3.05) is 6.54 Å². The van der Waals surface area contributed by atoms with E-state index in [1.54, 1.807) is 0 Å². The number of piperidine rings is 1. The number of fused-ring (bicyclic) bond motifs is 2. The first kappa shape index (κ1) is 17.1. The van der Waals surface area contributed by atoms with Gasteiger partial charge in [0, 0.05) is 38.2 Å².